The number of piperidine rings is 1. The highest BCUT2D eigenvalue weighted by Crippen LogP contribution is 2.35. The van der Waals surface area contributed by atoms with Crippen molar-refractivity contribution in [1.29, 1.82) is 0 Å². The average molecular weight is 556 g/mol. The molecule has 37 heavy (non-hydrogen) atoms. The molecule has 0 saturated carbocycles. The highest BCUT2D eigenvalue weighted by atomic mass is 35.5. The predicted molar refractivity (Wildman–Crippen MR) is 131 cm³/mol. The SMILES string of the molecule is Cc1cc(C(F)(F)F)nc2c1cc(C(=O)c1c(Cl)ccc(C(=O)N3CCC(CC(=O)O)CC3)c1Cl)n2C. The molecule has 1 N–H and O–H groups in total. The molecule has 7 nitrogen and oxygen atoms in total. The Morgan fingerprint density at radius 1 is 1.14 bits per heavy atom. The van der Waals surface area contributed by atoms with E-state index >= 15 is 0 Å². The number of aromatic nitrogens is 2. The smallest absolute Gasteiger partial charge is 0.433 e. The topological polar surface area (TPSA) is 92.5 Å². The molecule has 4 rings (SSSR count). The molecule has 1 amide bonds. The van der Waals surface area contributed by atoms with Gasteiger partial charge < -0.3 is 14.6 Å². The summed E-state index contributed by atoms with van der Waals surface area (Å²) in [4.78, 5) is 43.0. The molecule has 0 bridgehead atoms. The minimum Gasteiger partial charge on any atom is -0.481 e. The third-order valence-electron chi connectivity index (χ3n) is 6.64. The fraction of sp³-hybridized carbons (Fsp3) is 0.360. The number of likely N-dealkylation sites (tertiary alicyclic amines) is 1. The first-order valence-electron chi connectivity index (χ1n) is 11.4. The molecule has 0 aliphatic carbocycles. The number of hydrogen-bond donors (Lipinski definition) is 1. The Labute approximate surface area is 219 Å². The molecule has 1 fully saturated rings. The number of alkyl halides is 3. The maximum atomic E-state index is 13.5. The molecule has 12 heteroatoms. The molecule has 1 aromatic carbocycles. The number of aliphatic carboxylic acids is 1. The maximum absolute atomic E-state index is 13.5. The van der Waals surface area contributed by atoms with Gasteiger partial charge in [-0.2, -0.15) is 13.2 Å². The molecule has 1 saturated heterocycles. The van der Waals surface area contributed by atoms with Crippen LogP contribution in [0.1, 0.15) is 56.9 Å². The van der Waals surface area contributed by atoms with Gasteiger partial charge in [-0.05, 0) is 55.5 Å². The van der Waals surface area contributed by atoms with Gasteiger partial charge in [-0.3, -0.25) is 14.4 Å². The Morgan fingerprint density at radius 2 is 1.78 bits per heavy atom. The zero-order valence-electron chi connectivity index (χ0n) is 19.8. The molecule has 1 aliphatic heterocycles. The number of carboxylic acid groups (broad SMARTS) is 1. The minimum absolute atomic E-state index is 0.00723. The Morgan fingerprint density at radius 3 is 2.38 bits per heavy atom. The van der Waals surface area contributed by atoms with E-state index in [0.717, 1.165) is 6.07 Å². The molecule has 0 atom stereocenters. The maximum Gasteiger partial charge on any atom is 0.433 e. The van der Waals surface area contributed by atoms with E-state index in [1.54, 1.807) is 4.90 Å². The third-order valence-corrected chi connectivity index (χ3v) is 7.35. The van der Waals surface area contributed by atoms with E-state index in [4.69, 9.17) is 28.3 Å². The second kappa shape index (κ2) is 9.98. The van der Waals surface area contributed by atoms with Crippen LogP contribution in [0.5, 0.6) is 0 Å². The molecule has 3 heterocycles. The quantitative estimate of drug-likeness (QED) is 0.404. The van der Waals surface area contributed by atoms with Gasteiger partial charge >= 0.3 is 12.1 Å². The van der Waals surface area contributed by atoms with E-state index in [1.165, 1.54) is 36.7 Å². The van der Waals surface area contributed by atoms with E-state index in [0.29, 0.717) is 36.9 Å². The molecule has 2 aromatic heterocycles. The van der Waals surface area contributed by atoms with Crippen LogP contribution in [-0.4, -0.2) is 50.3 Å². The minimum atomic E-state index is -4.66. The van der Waals surface area contributed by atoms with Gasteiger partial charge in [0, 0.05) is 31.9 Å². The summed E-state index contributed by atoms with van der Waals surface area (Å²) in [6.45, 7) is 2.18. The normalized spacial score (nSPS) is 14.8. The van der Waals surface area contributed by atoms with E-state index < -0.39 is 29.5 Å². The molecule has 3 aromatic rings. The van der Waals surface area contributed by atoms with Crippen LogP contribution in [-0.2, 0) is 18.0 Å². The first-order chi connectivity index (χ1) is 17.3. The van der Waals surface area contributed by atoms with Gasteiger partial charge in [-0.25, -0.2) is 4.98 Å². The van der Waals surface area contributed by atoms with Crippen molar-refractivity contribution in [2.45, 2.75) is 32.4 Å². The Kier molecular flexibility index (Phi) is 7.27. The summed E-state index contributed by atoms with van der Waals surface area (Å²) < 4.78 is 41.1. The number of fused-ring (bicyclic) bond motifs is 1. The second-order valence-corrected chi connectivity index (χ2v) is 9.88. The summed E-state index contributed by atoms with van der Waals surface area (Å²) >= 11 is 12.8. The molecule has 0 radical (unpaired) electrons. The number of pyridine rings is 1. The van der Waals surface area contributed by atoms with Crippen molar-refractivity contribution in [3.63, 3.8) is 0 Å². The zero-order valence-corrected chi connectivity index (χ0v) is 21.3. The number of ketones is 1. The standard InChI is InChI=1S/C25H22Cl2F3N3O4/c1-12-9-18(25(28,29)30)31-23-15(12)11-17(32(23)2)22(36)20-16(26)4-3-14(21(20)27)24(37)33-7-5-13(6-8-33)10-19(34)35/h3-4,9,11,13H,5-8,10H2,1-2H3,(H,34,35). The number of nitrogens with zero attached hydrogens (tertiary/aromatic N) is 3. The van der Waals surface area contributed by atoms with Crippen LogP contribution in [0, 0.1) is 12.8 Å². The summed E-state index contributed by atoms with van der Waals surface area (Å²) in [5.41, 5.74) is -0.895. The monoisotopic (exact) mass is 555 g/mol. The summed E-state index contributed by atoms with van der Waals surface area (Å²) in [7, 11) is 1.42. The first kappa shape index (κ1) is 26.9. The van der Waals surface area contributed by atoms with Gasteiger partial charge in [0.2, 0.25) is 5.78 Å². The van der Waals surface area contributed by atoms with Crippen LogP contribution in [0.4, 0.5) is 13.2 Å². The first-order valence-corrected chi connectivity index (χ1v) is 12.1. The lowest BCUT2D eigenvalue weighted by atomic mass is 9.93. The van der Waals surface area contributed by atoms with Crippen molar-refractivity contribution in [1.82, 2.24) is 14.5 Å². The third kappa shape index (κ3) is 5.17. The second-order valence-electron chi connectivity index (χ2n) is 9.09. The molecule has 0 unspecified atom stereocenters. The number of amides is 1. The van der Waals surface area contributed by atoms with E-state index in [-0.39, 0.29) is 44.9 Å². The van der Waals surface area contributed by atoms with Crippen molar-refractivity contribution in [2.24, 2.45) is 13.0 Å². The molecular formula is C25H22Cl2F3N3O4. The van der Waals surface area contributed by atoms with E-state index in [9.17, 15) is 27.6 Å². The van der Waals surface area contributed by atoms with Crippen LogP contribution >= 0.6 is 23.2 Å². The predicted octanol–water partition coefficient (Wildman–Crippen LogP) is 5.77. The summed E-state index contributed by atoms with van der Waals surface area (Å²) in [6, 6.07) is 5.12. The lowest BCUT2D eigenvalue weighted by Crippen LogP contribution is -2.39. The number of benzene rings is 1. The van der Waals surface area contributed by atoms with Crippen molar-refractivity contribution in [2.75, 3.05) is 13.1 Å². The van der Waals surface area contributed by atoms with Gasteiger partial charge in [0.1, 0.15) is 11.3 Å². The number of carbonyl (C=O) groups excluding carboxylic acids is 2. The van der Waals surface area contributed by atoms with Crippen LogP contribution < -0.4 is 0 Å². The highest BCUT2D eigenvalue weighted by Gasteiger charge is 2.34. The van der Waals surface area contributed by atoms with E-state index in [2.05, 4.69) is 4.98 Å². The molecule has 1 aliphatic rings. The lowest BCUT2D eigenvalue weighted by Gasteiger charge is -2.31. The summed E-state index contributed by atoms with van der Waals surface area (Å²) in [5, 5.41) is 9.17. The number of carbonyl (C=O) groups is 3. The summed E-state index contributed by atoms with van der Waals surface area (Å²) in [6.07, 6.45) is -3.57. The number of hydrogen-bond acceptors (Lipinski definition) is 4. The largest absolute Gasteiger partial charge is 0.481 e. The van der Waals surface area contributed by atoms with Crippen molar-refractivity contribution in [3.05, 3.63) is 62.4 Å². The summed E-state index contributed by atoms with van der Waals surface area (Å²) in [5.74, 6) is -2.00. The fourth-order valence-electron chi connectivity index (χ4n) is 4.62. The van der Waals surface area contributed by atoms with Crippen molar-refractivity contribution < 1.29 is 32.7 Å². The molecule has 196 valence electrons. The number of rotatable bonds is 5. The van der Waals surface area contributed by atoms with Crippen LogP contribution in [0.2, 0.25) is 10.0 Å². The van der Waals surface area contributed by atoms with E-state index in [1.807, 2.05) is 0 Å². The van der Waals surface area contributed by atoms with Crippen molar-refractivity contribution in [3.8, 4) is 0 Å². The molecular weight excluding hydrogens is 534 g/mol. The van der Waals surface area contributed by atoms with Gasteiger partial charge in [-0.15, -0.1) is 0 Å². The Bertz CT molecular complexity index is 1430. The average Bonchev–Trinajstić information content (AvgIpc) is 3.15. The van der Waals surface area contributed by atoms with Crippen LogP contribution in [0.3, 0.4) is 0 Å². The van der Waals surface area contributed by atoms with Gasteiger partial charge in [0.15, 0.2) is 0 Å². The van der Waals surface area contributed by atoms with Gasteiger partial charge in [0.25, 0.3) is 5.91 Å². The Balaban J connectivity index is 1.68. The zero-order chi connectivity index (χ0) is 27.2. The molecule has 0 spiro atoms. The van der Waals surface area contributed by atoms with Gasteiger partial charge in [0.05, 0.1) is 26.9 Å². The van der Waals surface area contributed by atoms with Gasteiger partial charge in [-0.1, -0.05) is 23.2 Å². The lowest BCUT2D eigenvalue weighted by molar-refractivity contribution is -0.141. The Hall–Kier alpha value is -3.11. The number of halogens is 5. The van der Waals surface area contributed by atoms with Crippen LogP contribution in [0.15, 0.2) is 24.3 Å². The number of aryl methyl sites for hydroxylation is 2. The highest BCUT2D eigenvalue weighted by molar-refractivity contribution is 6.42. The van der Waals surface area contributed by atoms with Crippen molar-refractivity contribution >= 4 is 51.9 Å². The van der Waals surface area contributed by atoms with Crippen LogP contribution in [0.25, 0.3) is 11.0 Å². The number of carboxylic acids is 1. The fourth-order valence-corrected chi connectivity index (χ4v) is 5.25.